The van der Waals surface area contributed by atoms with Gasteiger partial charge in [0, 0.05) is 32.0 Å². The van der Waals surface area contributed by atoms with E-state index in [1.165, 1.54) is 28.1 Å². The Hall–Kier alpha value is -2.65. The van der Waals surface area contributed by atoms with Gasteiger partial charge < -0.3 is 14.6 Å². The van der Waals surface area contributed by atoms with Crippen molar-refractivity contribution in [2.45, 2.75) is 45.6 Å². The Morgan fingerprint density at radius 3 is 2.27 bits per heavy atom. The van der Waals surface area contributed by atoms with Crippen LogP contribution in [0.2, 0.25) is 0 Å². The minimum atomic E-state index is -3.71. The highest BCUT2D eigenvalue weighted by Crippen LogP contribution is 2.21. The van der Waals surface area contributed by atoms with E-state index in [1.807, 2.05) is 32.0 Å². The van der Waals surface area contributed by atoms with Crippen LogP contribution in [0, 0.1) is 13.8 Å². The first kappa shape index (κ1) is 23.6. The van der Waals surface area contributed by atoms with E-state index >= 15 is 0 Å². The van der Waals surface area contributed by atoms with Crippen molar-refractivity contribution in [3.8, 4) is 0 Å². The maximum atomic E-state index is 12.7. The molecule has 1 aromatic heterocycles. The molecule has 1 amide bonds. The van der Waals surface area contributed by atoms with Crippen molar-refractivity contribution in [1.29, 1.82) is 0 Å². The molecular formula is C21H29N3O5S. The van der Waals surface area contributed by atoms with Crippen molar-refractivity contribution in [2.75, 3.05) is 18.4 Å². The molecule has 2 rings (SSSR count). The molecule has 1 aromatic carbocycles. The number of carbonyl (C=O) groups is 2. The average Bonchev–Trinajstić information content (AvgIpc) is 3.08. The van der Waals surface area contributed by atoms with Crippen molar-refractivity contribution in [3.63, 3.8) is 0 Å². The van der Waals surface area contributed by atoms with Crippen LogP contribution in [0.4, 0.5) is 5.69 Å². The molecule has 1 atom stereocenters. The number of aromatic nitrogens is 1. The molecule has 30 heavy (non-hydrogen) atoms. The van der Waals surface area contributed by atoms with Gasteiger partial charge in [0.1, 0.15) is 10.6 Å². The molecule has 0 aliphatic heterocycles. The van der Waals surface area contributed by atoms with Crippen molar-refractivity contribution < 1.29 is 22.7 Å². The molecule has 164 valence electrons. The number of aryl methyl sites for hydroxylation is 3. The highest BCUT2D eigenvalue weighted by Gasteiger charge is 2.27. The number of esters is 1. The number of hydrogen-bond acceptors (Lipinski definition) is 5. The highest BCUT2D eigenvalue weighted by molar-refractivity contribution is 7.89. The minimum Gasteiger partial charge on any atom is -0.448 e. The number of amides is 1. The number of anilines is 1. The average molecular weight is 436 g/mol. The molecule has 2 aromatic rings. The number of nitrogens with zero attached hydrogens (tertiary/aromatic N) is 2. The van der Waals surface area contributed by atoms with E-state index in [9.17, 15) is 18.0 Å². The molecule has 1 heterocycles. The lowest BCUT2D eigenvalue weighted by Crippen LogP contribution is -2.31. The summed E-state index contributed by atoms with van der Waals surface area (Å²) in [5, 5.41) is 2.78. The second-order valence-electron chi connectivity index (χ2n) is 7.06. The van der Waals surface area contributed by atoms with Crippen LogP contribution in [0.5, 0.6) is 0 Å². The Bertz CT molecular complexity index is 1020. The van der Waals surface area contributed by atoms with E-state index in [4.69, 9.17) is 4.74 Å². The van der Waals surface area contributed by atoms with Crippen molar-refractivity contribution in [1.82, 2.24) is 8.87 Å². The predicted octanol–water partition coefficient (Wildman–Crippen LogP) is 2.86. The molecule has 0 bridgehead atoms. The summed E-state index contributed by atoms with van der Waals surface area (Å²) >= 11 is 0. The topological polar surface area (TPSA) is 97.7 Å². The summed E-state index contributed by atoms with van der Waals surface area (Å²) in [5.74, 6) is -1.24. The molecule has 1 N–H and O–H groups in total. The second-order valence-corrected chi connectivity index (χ2v) is 9.00. The Morgan fingerprint density at radius 2 is 1.73 bits per heavy atom. The molecule has 0 aliphatic carbocycles. The van der Waals surface area contributed by atoms with Gasteiger partial charge in [-0.1, -0.05) is 32.0 Å². The van der Waals surface area contributed by atoms with Crippen molar-refractivity contribution in [3.05, 3.63) is 47.3 Å². The highest BCUT2D eigenvalue weighted by atomic mass is 32.2. The van der Waals surface area contributed by atoms with E-state index in [-0.39, 0.29) is 10.6 Å². The second kappa shape index (κ2) is 9.44. The number of para-hydroxylation sites is 1. The number of nitrogens with one attached hydrogen (secondary N) is 1. The Morgan fingerprint density at radius 1 is 1.17 bits per heavy atom. The zero-order chi connectivity index (χ0) is 22.6. The Labute approximate surface area is 177 Å². The van der Waals surface area contributed by atoms with E-state index in [2.05, 4.69) is 5.32 Å². The fraction of sp³-hybridized carbons (Fsp3) is 0.429. The maximum Gasteiger partial charge on any atom is 0.355 e. The first-order valence-electron chi connectivity index (χ1n) is 9.77. The number of ether oxygens (including phenoxy) is 1. The van der Waals surface area contributed by atoms with Crippen LogP contribution in [-0.2, 0) is 26.6 Å². The number of rotatable bonds is 8. The SMILES string of the molecule is CCN(CC)S(=O)(=O)c1cc(C(=O)OC(C)C(=O)Nc2c(C)cccc2C)n(C)c1. The number of benzene rings is 1. The molecule has 9 heteroatoms. The summed E-state index contributed by atoms with van der Waals surface area (Å²) in [6.45, 7) is 9.36. The molecular weight excluding hydrogens is 406 g/mol. The van der Waals surface area contributed by atoms with Crippen molar-refractivity contribution in [2.24, 2.45) is 7.05 Å². The lowest BCUT2D eigenvalue weighted by atomic mass is 10.1. The van der Waals surface area contributed by atoms with Crippen LogP contribution >= 0.6 is 0 Å². The van der Waals surface area contributed by atoms with Gasteiger partial charge in [0.25, 0.3) is 5.91 Å². The number of sulfonamides is 1. The third kappa shape index (κ3) is 4.91. The van der Waals surface area contributed by atoms with Crippen LogP contribution in [0.1, 0.15) is 42.4 Å². The molecule has 0 spiro atoms. The summed E-state index contributed by atoms with van der Waals surface area (Å²) in [7, 11) is -2.15. The third-order valence-electron chi connectivity index (χ3n) is 4.91. The fourth-order valence-corrected chi connectivity index (χ4v) is 4.63. The van der Waals surface area contributed by atoms with Crippen LogP contribution < -0.4 is 5.32 Å². The molecule has 0 saturated carbocycles. The van der Waals surface area contributed by atoms with E-state index < -0.39 is 28.0 Å². The van der Waals surface area contributed by atoms with Gasteiger partial charge in [-0.3, -0.25) is 4.79 Å². The fourth-order valence-electron chi connectivity index (χ4n) is 3.10. The molecule has 8 nitrogen and oxygen atoms in total. The van der Waals surface area contributed by atoms with Gasteiger partial charge in [-0.25, -0.2) is 13.2 Å². The normalized spacial score (nSPS) is 12.6. The lowest BCUT2D eigenvalue weighted by molar-refractivity contribution is -0.123. The maximum absolute atomic E-state index is 12.7. The van der Waals surface area contributed by atoms with Gasteiger partial charge in [-0.15, -0.1) is 0 Å². The summed E-state index contributed by atoms with van der Waals surface area (Å²) < 4.78 is 33.3. The Balaban J connectivity index is 2.16. The lowest BCUT2D eigenvalue weighted by Gasteiger charge is -2.17. The van der Waals surface area contributed by atoms with E-state index in [0.717, 1.165) is 11.1 Å². The zero-order valence-corrected chi connectivity index (χ0v) is 19.0. The molecule has 1 unspecified atom stereocenters. The number of hydrogen-bond donors (Lipinski definition) is 1. The van der Waals surface area contributed by atoms with Crippen LogP contribution in [0.3, 0.4) is 0 Å². The van der Waals surface area contributed by atoms with Gasteiger partial charge in [0.05, 0.1) is 0 Å². The van der Waals surface area contributed by atoms with Gasteiger partial charge in [0.15, 0.2) is 6.10 Å². The van der Waals surface area contributed by atoms with Gasteiger partial charge in [0.2, 0.25) is 10.0 Å². The van der Waals surface area contributed by atoms with Crippen LogP contribution in [0.25, 0.3) is 0 Å². The van der Waals surface area contributed by atoms with Gasteiger partial charge >= 0.3 is 5.97 Å². The monoisotopic (exact) mass is 435 g/mol. The van der Waals surface area contributed by atoms with Crippen LogP contribution in [0.15, 0.2) is 35.4 Å². The predicted molar refractivity (Wildman–Crippen MR) is 115 cm³/mol. The summed E-state index contributed by atoms with van der Waals surface area (Å²) in [6.07, 6.45) is 0.306. The van der Waals surface area contributed by atoms with Gasteiger partial charge in [-0.2, -0.15) is 4.31 Å². The first-order chi connectivity index (χ1) is 14.0. The largest absolute Gasteiger partial charge is 0.448 e. The standard InChI is InChI=1S/C21H29N3O5S/c1-7-24(8-2)30(27,28)17-12-18(23(6)13-17)21(26)29-16(5)20(25)22-19-14(3)10-9-11-15(19)4/h9-13,16H,7-8H2,1-6H3,(H,22,25). The van der Waals surface area contributed by atoms with E-state index in [0.29, 0.717) is 18.8 Å². The van der Waals surface area contributed by atoms with Gasteiger partial charge in [-0.05, 0) is 38.0 Å². The molecule has 0 fully saturated rings. The first-order valence-corrected chi connectivity index (χ1v) is 11.2. The molecule has 0 radical (unpaired) electrons. The third-order valence-corrected chi connectivity index (χ3v) is 6.93. The van der Waals surface area contributed by atoms with Crippen molar-refractivity contribution >= 4 is 27.6 Å². The molecule has 0 aliphatic rings. The summed E-state index contributed by atoms with van der Waals surface area (Å²) in [5.41, 5.74) is 2.52. The number of carbonyl (C=O) groups excluding carboxylic acids is 2. The molecule has 0 saturated heterocycles. The quantitative estimate of drug-likeness (QED) is 0.643. The smallest absolute Gasteiger partial charge is 0.355 e. The Kier molecular flexibility index (Phi) is 7.44. The summed E-state index contributed by atoms with van der Waals surface area (Å²) in [4.78, 5) is 25.1. The zero-order valence-electron chi connectivity index (χ0n) is 18.2. The summed E-state index contributed by atoms with van der Waals surface area (Å²) in [6, 6.07) is 6.91. The van der Waals surface area contributed by atoms with E-state index in [1.54, 1.807) is 20.9 Å². The minimum absolute atomic E-state index is 0.00768. The van der Waals surface area contributed by atoms with Crippen LogP contribution in [-0.4, -0.2) is 48.4 Å².